The van der Waals surface area contributed by atoms with Crippen LogP contribution < -0.4 is 9.62 Å². The first-order valence-corrected chi connectivity index (χ1v) is 10.7. The van der Waals surface area contributed by atoms with Gasteiger partial charge in [0.15, 0.2) is 0 Å². The maximum Gasteiger partial charge on any atom is 0.241 e. The molecule has 5 nitrogen and oxygen atoms in total. The quantitative estimate of drug-likeness (QED) is 0.855. The molecule has 6 heteroatoms. The monoisotopic (exact) mass is 386 g/mol. The molecule has 0 aliphatic carbocycles. The predicted molar refractivity (Wildman–Crippen MR) is 107 cm³/mol. The zero-order valence-corrected chi connectivity index (χ0v) is 17.1. The highest BCUT2D eigenvalue weighted by molar-refractivity contribution is 7.89. The van der Waals surface area contributed by atoms with Gasteiger partial charge in [0, 0.05) is 25.2 Å². The van der Waals surface area contributed by atoms with Crippen LogP contribution in [0.4, 0.5) is 5.69 Å². The maximum absolute atomic E-state index is 12.9. The Morgan fingerprint density at radius 2 is 1.59 bits per heavy atom. The molecule has 144 valence electrons. The summed E-state index contributed by atoms with van der Waals surface area (Å²) in [7, 11) is -3.61. The molecule has 1 amide bonds. The fraction of sp³-hybridized carbons (Fsp3) is 0.381. The second-order valence-corrected chi connectivity index (χ2v) is 8.93. The van der Waals surface area contributed by atoms with Gasteiger partial charge in [-0.25, -0.2) is 13.1 Å². The van der Waals surface area contributed by atoms with Crippen LogP contribution >= 0.6 is 0 Å². The summed E-state index contributed by atoms with van der Waals surface area (Å²) in [6.45, 7) is 8.51. The van der Waals surface area contributed by atoms with E-state index in [4.69, 9.17) is 0 Å². The highest BCUT2D eigenvalue weighted by Gasteiger charge is 2.23. The van der Waals surface area contributed by atoms with Crippen molar-refractivity contribution in [3.05, 3.63) is 58.1 Å². The summed E-state index contributed by atoms with van der Waals surface area (Å²) in [5.74, 6) is 0.143. The normalized spacial score (nSPS) is 14.8. The van der Waals surface area contributed by atoms with Crippen LogP contribution in [0.15, 0.2) is 35.2 Å². The molecule has 1 N–H and O–H groups in total. The summed E-state index contributed by atoms with van der Waals surface area (Å²) < 4.78 is 28.5. The first kappa shape index (κ1) is 19.6. The number of nitrogens with one attached hydrogen (secondary N) is 1. The number of carbonyl (C=O) groups is 1. The Bertz CT molecular complexity index is 953. The van der Waals surface area contributed by atoms with E-state index in [-0.39, 0.29) is 12.5 Å². The van der Waals surface area contributed by atoms with Gasteiger partial charge >= 0.3 is 0 Å². The molecule has 1 heterocycles. The Morgan fingerprint density at radius 1 is 1.00 bits per heavy atom. The van der Waals surface area contributed by atoms with E-state index in [1.165, 1.54) is 0 Å². The van der Waals surface area contributed by atoms with Gasteiger partial charge in [-0.2, -0.15) is 0 Å². The van der Waals surface area contributed by atoms with E-state index in [0.717, 1.165) is 46.5 Å². The van der Waals surface area contributed by atoms with Gasteiger partial charge in [-0.15, -0.1) is 0 Å². The minimum absolute atomic E-state index is 0.143. The molecule has 1 saturated heterocycles. The standard InChI is InChI=1S/C21H26N2O3S/c1-14-12-15(2)17(4)21(16(14)3)27(25,26)22-13-18-7-9-19(10-8-18)23-11-5-6-20(23)24/h7-10,12,22H,5-6,11,13H2,1-4H3. The topological polar surface area (TPSA) is 66.5 Å². The van der Waals surface area contributed by atoms with Gasteiger partial charge in [-0.3, -0.25) is 4.79 Å². The zero-order chi connectivity index (χ0) is 19.8. The minimum atomic E-state index is -3.61. The van der Waals surface area contributed by atoms with Gasteiger partial charge in [-0.1, -0.05) is 18.2 Å². The number of aryl methyl sites for hydroxylation is 2. The first-order valence-electron chi connectivity index (χ1n) is 9.17. The molecule has 0 aromatic heterocycles. The van der Waals surface area contributed by atoms with Crippen LogP contribution in [0.5, 0.6) is 0 Å². The minimum Gasteiger partial charge on any atom is -0.312 e. The molecule has 0 saturated carbocycles. The van der Waals surface area contributed by atoms with Gasteiger partial charge in [0.25, 0.3) is 0 Å². The summed E-state index contributed by atoms with van der Waals surface area (Å²) in [5.41, 5.74) is 5.23. The molecule has 2 aromatic rings. The summed E-state index contributed by atoms with van der Waals surface area (Å²) in [6.07, 6.45) is 1.48. The third-order valence-corrected chi connectivity index (χ3v) is 7.03. The number of hydrogen-bond acceptors (Lipinski definition) is 3. The molecule has 1 aliphatic heterocycles. The Balaban J connectivity index is 1.77. The zero-order valence-electron chi connectivity index (χ0n) is 16.3. The lowest BCUT2D eigenvalue weighted by Crippen LogP contribution is -2.26. The molecule has 2 aromatic carbocycles. The van der Waals surface area contributed by atoms with Gasteiger partial charge in [-0.05, 0) is 74.1 Å². The number of hydrogen-bond donors (Lipinski definition) is 1. The Labute approximate surface area is 161 Å². The number of benzene rings is 2. The van der Waals surface area contributed by atoms with E-state index in [1.807, 2.05) is 58.0 Å². The Hall–Kier alpha value is -2.18. The average Bonchev–Trinajstić information content (AvgIpc) is 3.05. The van der Waals surface area contributed by atoms with Crippen molar-refractivity contribution in [2.24, 2.45) is 0 Å². The third kappa shape index (κ3) is 3.92. The fourth-order valence-corrected chi connectivity index (χ4v) is 5.18. The molecule has 3 rings (SSSR count). The number of amides is 1. The van der Waals surface area contributed by atoms with Gasteiger partial charge < -0.3 is 4.90 Å². The Morgan fingerprint density at radius 3 is 2.11 bits per heavy atom. The molecule has 0 radical (unpaired) electrons. The van der Waals surface area contributed by atoms with Crippen LogP contribution in [0.2, 0.25) is 0 Å². The van der Waals surface area contributed by atoms with Crippen molar-refractivity contribution in [2.45, 2.75) is 52.0 Å². The average molecular weight is 387 g/mol. The van der Waals surface area contributed by atoms with Crippen LogP contribution in [0.1, 0.15) is 40.7 Å². The molecule has 0 spiro atoms. The van der Waals surface area contributed by atoms with Crippen LogP contribution in [0, 0.1) is 27.7 Å². The fourth-order valence-electron chi connectivity index (χ4n) is 3.55. The largest absolute Gasteiger partial charge is 0.312 e. The van der Waals surface area contributed by atoms with E-state index in [0.29, 0.717) is 11.3 Å². The number of sulfonamides is 1. The summed E-state index contributed by atoms with van der Waals surface area (Å²) >= 11 is 0. The number of rotatable bonds is 5. The van der Waals surface area contributed by atoms with Gasteiger partial charge in [0.2, 0.25) is 15.9 Å². The molecule has 0 atom stereocenters. The van der Waals surface area contributed by atoms with Crippen LogP contribution in [0.3, 0.4) is 0 Å². The lowest BCUT2D eigenvalue weighted by Gasteiger charge is -2.17. The van der Waals surface area contributed by atoms with E-state index >= 15 is 0 Å². The van der Waals surface area contributed by atoms with E-state index < -0.39 is 10.0 Å². The van der Waals surface area contributed by atoms with Crippen molar-refractivity contribution in [3.8, 4) is 0 Å². The SMILES string of the molecule is Cc1cc(C)c(C)c(S(=O)(=O)NCc2ccc(N3CCCC3=O)cc2)c1C. The van der Waals surface area contributed by atoms with Crippen molar-refractivity contribution in [3.63, 3.8) is 0 Å². The van der Waals surface area contributed by atoms with E-state index in [2.05, 4.69) is 4.72 Å². The van der Waals surface area contributed by atoms with Crippen molar-refractivity contribution in [2.75, 3.05) is 11.4 Å². The molecule has 0 bridgehead atoms. The van der Waals surface area contributed by atoms with Gasteiger partial charge in [0.05, 0.1) is 4.90 Å². The number of carbonyl (C=O) groups excluding carboxylic acids is 1. The number of anilines is 1. The molecular weight excluding hydrogens is 360 g/mol. The predicted octanol–water partition coefficient (Wildman–Crippen LogP) is 3.53. The lowest BCUT2D eigenvalue weighted by molar-refractivity contribution is -0.117. The molecule has 1 aliphatic rings. The van der Waals surface area contributed by atoms with Crippen molar-refractivity contribution >= 4 is 21.6 Å². The first-order chi connectivity index (χ1) is 12.7. The van der Waals surface area contributed by atoms with Crippen LogP contribution in [-0.4, -0.2) is 20.9 Å². The lowest BCUT2D eigenvalue weighted by atomic mass is 10.0. The second-order valence-electron chi connectivity index (χ2n) is 7.23. The van der Waals surface area contributed by atoms with Crippen molar-refractivity contribution in [1.82, 2.24) is 4.72 Å². The molecule has 27 heavy (non-hydrogen) atoms. The summed E-state index contributed by atoms with van der Waals surface area (Å²) in [6, 6.07) is 9.50. The smallest absolute Gasteiger partial charge is 0.241 e. The van der Waals surface area contributed by atoms with E-state index in [9.17, 15) is 13.2 Å². The second kappa shape index (κ2) is 7.44. The van der Waals surface area contributed by atoms with Gasteiger partial charge in [0.1, 0.15) is 0 Å². The molecular formula is C21H26N2O3S. The number of nitrogens with zero attached hydrogens (tertiary/aromatic N) is 1. The van der Waals surface area contributed by atoms with E-state index in [1.54, 1.807) is 4.90 Å². The van der Waals surface area contributed by atoms with Crippen LogP contribution in [-0.2, 0) is 21.4 Å². The third-order valence-electron chi connectivity index (χ3n) is 5.35. The maximum atomic E-state index is 12.9. The highest BCUT2D eigenvalue weighted by atomic mass is 32.2. The Kier molecular flexibility index (Phi) is 5.40. The summed E-state index contributed by atoms with van der Waals surface area (Å²) in [5, 5.41) is 0. The highest BCUT2D eigenvalue weighted by Crippen LogP contribution is 2.26. The molecule has 0 unspecified atom stereocenters. The summed E-state index contributed by atoms with van der Waals surface area (Å²) in [4.78, 5) is 14.0. The molecule has 1 fully saturated rings. The van der Waals surface area contributed by atoms with Crippen LogP contribution in [0.25, 0.3) is 0 Å². The van der Waals surface area contributed by atoms with Crippen molar-refractivity contribution < 1.29 is 13.2 Å². The van der Waals surface area contributed by atoms with Crippen molar-refractivity contribution in [1.29, 1.82) is 0 Å².